The highest BCUT2D eigenvalue weighted by Crippen LogP contribution is 2.40. The van der Waals surface area contributed by atoms with Crippen molar-refractivity contribution in [3.8, 4) is 11.9 Å². The third-order valence-electron chi connectivity index (χ3n) is 7.31. The summed E-state index contributed by atoms with van der Waals surface area (Å²) in [4.78, 5) is 8.84. The Balaban J connectivity index is 1.51. The lowest BCUT2D eigenvalue weighted by molar-refractivity contribution is 0.00686. The molecule has 2 aliphatic rings. The lowest BCUT2D eigenvalue weighted by Gasteiger charge is -2.39. The third kappa shape index (κ3) is 5.92. The van der Waals surface area contributed by atoms with Gasteiger partial charge in [-0.3, -0.25) is 4.57 Å². The van der Waals surface area contributed by atoms with Gasteiger partial charge >= 0.3 is 6.01 Å². The highest BCUT2D eigenvalue weighted by atomic mass is 35.5. The van der Waals surface area contributed by atoms with Gasteiger partial charge in [0.15, 0.2) is 20.1 Å². The van der Waals surface area contributed by atoms with Crippen LogP contribution in [0.25, 0.3) is 11.2 Å². The first kappa shape index (κ1) is 27.8. The zero-order chi connectivity index (χ0) is 26.5. The molecule has 0 spiro atoms. The Labute approximate surface area is 220 Å². The molecule has 2 aliphatic heterocycles. The van der Waals surface area contributed by atoms with Gasteiger partial charge < -0.3 is 28.5 Å². The Morgan fingerprint density at radius 2 is 1.72 bits per heavy atom. The largest absolute Gasteiger partial charge is 0.492 e. The first-order chi connectivity index (χ1) is 16.7. The predicted molar refractivity (Wildman–Crippen MR) is 144 cm³/mol. The smallest absolute Gasteiger partial charge is 0.301 e. The molecule has 0 aliphatic carbocycles. The summed E-state index contributed by atoms with van der Waals surface area (Å²) in [5.41, 5.74) is 0.963. The molecule has 2 fully saturated rings. The highest BCUT2D eigenvalue weighted by molar-refractivity contribution is 6.76. The molecular formula is C24H40ClN3O6Si2. The molecule has 0 aromatic carbocycles. The highest BCUT2D eigenvalue weighted by Gasteiger charge is 2.52. The van der Waals surface area contributed by atoms with Crippen LogP contribution in [0.1, 0.15) is 20.8 Å². The topological polar surface area (TPSA) is 97.1 Å². The number of nitrogens with zero attached hydrogens (tertiary/aromatic N) is 3. The summed E-state index contributed by atoms with van der Waals surface area (Å²) in [6.07, 6.45) is -0.924. The number of pyridine rings is 1. The van der Waals surface area contributed by atoms with E-state index in [4.69, 9.17) is 35.0 Å². The van der Waals surface area contributed by atoms with Gasteiger partial charge in [-0.25, -0.2) is 0 Å². The van der Waals surface area contributed by atoms with Crippen molar-refractivity contribution in [3.63, 3.8) is 0 Å². The van der Waals surface area contributed by atoms with E-state index in [0.717, 1.165) is 6.04 Å². The van der Waals surface area contributed by atoms with E-state index in [1.165, 1.54) is 0 Å². The van der Waals surface area contributed by atoms with Gasteiger partial charge in [-0.15, -0.1) is 0 Å². The molecule has 1 N–H and O–H groups in total. The quantitative estimate of drug-likeness (QED) is 0.338. The van der Waals surface area contributed by atoms with Crippen LogP contribution in [-0.4, -0.2) is 80.3 Å². The number of halogens is 1. The van der Waals surface area contributed by atoms with Crippen LogP contribution in [0.4, 0.5) is 0 Å². The van der Waals surface area contributed by atoms with Gasteiger partial charge in [-0.1, -0.05) is 52.0 Å². The van der Waals surface area contributed by atoms with Crippen LogP contribution in [0.15, 0.2) is 6.07 Å². The molecule has 0 unspecified atom stereocenters. The average Bonchev–Trinajstić information content (AvgIpc) is 3.40. The van der Waals surface area contributed by atoms with Crippen molar-refractivity contribution in [1.82, 2.24) is 14.5 Å². The number of hydrogen-bond acceptors (Lipinski definition) is 8. The van der Waals surface area contributed by atoms with Gasteiger partial charge in [0, 0.05) is 14.7 Å². The number of aromatic nitrogens is 3. The molecule has 4 atom stereocenters. The van der Waals surface area contributed by atoms with Crippen LogP contribution in [0.3, 0.4) is 0 Å². The lowest BCUT2D eigenvalue weighted by Crippen LogP contribution is -2.47. The van der Waals surface area contributed by atoms with E-state index in [2.05, 4.69) is 63.5 Å². The first-order valence-electron chi connectivity index (χ1n) is 12.6. The van der Waals surface area contributed by atoms with Crippen LogP contribution >= 0.6 is 11.6 Å². The predicted octanol–water partition coefficient (Wildman–Crippen LogP) is 5.04. The molecule has 2 aromatic heterocycles. The molecule has 0 saturated carbocycles. The number of imidazole rings is 1. The fraction of sp³-hybridized carbons (Fsp3) is 0.750. The van der Waals surface area contributed by atoms with E-state index in [9.17, 15) is 5.11 Å². The maximum atomic E-state index is 10.1. The Morgan fingerprint density at radius 3 is 2.36 bits per heavy atom. The average molecular weight is 558 g/mol. The first-order valence-corrected chi connectivity index (χ1v) is 19.6. The summed E-state index contributed by atoms with van der Waals surface area (Å²) in [5, 5.41) is 10.3. The van der Waals surface area contributed by atoms with Crippen molar-refractivity contribution in [1.29, 1.82) is 0 Å². The molecule has 9 nitrogen and oxygen atoms in total. The summed E-state index contributed by atoms with van der Waals surface area (Å²) in [6.45, 7) is 19.7. The fourth-order valence-electron chi connectivity index (χ4n) is 4.06. The standard InChI is InChI=1S/C24H40ClN3O6Si2/c1-24(2,3)36(7,8)34-18-13-32-19-17(12-31-20(18)19)33-23-26-16-11-15(25)22(29)27-21(16)28(23)14-30-9-10-35(4,5)6/h11,17-20H,9-10,12-14H2,1-8H3,(H,27,29)/t17-,18-,19-,20-/m1/s1. The minimum atomic E-state index is -1.98. The van der Waals surface area contributed by atoms with Crippen molar-refractivity contribution in [2.75, 3.05) is 19.8 Å². The molecule has 0 radical (unpaired) electrons. The summed E-state index contributed by atoms with van der Waals surface area (Å²) in [6, 6.07) is 2.94. The zero-order valence-electron chi connectivity index (χ0n) is 22.6. The van der Waals surface area contributed by atoms with E-state index < -0.39 is 16.4 Å². The maximum absolute atomic E-state index is 10.1. The second-order valence-corrected chi connectivity index (χ2v) is 23.3. The molecular weight excluding hydrogens is 518 g/mol. The molecule has 202 valence electrons. The van der Waals surface area contributed by atoms with Crippen molar-refractivity contribution in [2.45, 2.75) is 95.7 Å². The minimum Gasteiger partial charge on any atom is -0.492 e. The van der Waals surface area contributed by atoms with Gasteiger partial charge in [0.2, 0.25) is 5.88 Å². The van der Waals surface area contributed by atoms with Crippen LogP contribution in [0, 0.1) is 0 Å². The third-order valence-corrected chi connectivity index (χ3v) is 13.8. The second-order valence-electron chi connectivity index (χ2n) is 12.5. The van der Waals surface area contributed by atoms with E-state index >= 15 is 0 Å². The number of rotatable bonds is 9. The summed E-state index contributed by atoms with van der Waals surface area (Å²) in [7, 11) is -3.21. The van der Waals surface area contributed by atoms with E-state index in [-0.39, 0.29) is 47.1 Å². The van der Waals surface area contributed by atoms with Gasteiger partial charge in [0.05, 0.1) is 19.3 Å². The number of hydrogen-bond donors (Lipinski definition) is 1. The maximum Gasteiger partial charge on any atom is 0.301 e. The van der Waals surface area contributed by atoms with Gasteiger partial charge in [0.25, 0.3) is 0 Å². The summed E-state index contributed by atoms with van der Waals surface area (Å²) >= 11 is 6.09. The Kier molecular flexibility index (Phi) is 7.85. The van der Waals surface area contributed by atoms with Crippen molar-refractivity contribution in [2.24, 2.45) is 0 Å². The van der Waals surface area contributed by atoms with Crippen molar-refractivity contribution >= 4 is 39.2 Å². The molecule has 2 saturated heterocycles. The Morgan fingerprint density at radius 1 is 1.08 bits per heavy atom. The lowest BCUT2D eigenvalue weighted by atomic mass is 10.1. The number of ether oxygens (including phenoxy) is 4. The SMILES string of the molecule is CC(C)(C)[Si](C)(C)O[C@@H]1CO[C@H]2[C@@H]1OC[C@H]2Oc1nc2cc(Cl)c(O)nc2n1COCC[Si](C)(C)C. The van der Waals surface area contributed by atoms with Gasteiger partial charge in [-0.2, -0.15) is 9.97 Å². The van der Waals surface area contributed by atoms with Crippen molar-refractivity contribution < 1.29 is 28.5 Å². The van der Waals surface area contributed by atoms with Crippen LogP contribution in [0.5, 0.6) is 11.9 Å². The number of fused-ring (bicyclic) bond motifs is 2. The molecule has 4 rings (SSSR count). The number of aromatic hydroxyl groups is 1. The summed E-state index contributed by atoms with van der Waals surface area (Å²) < 4.78 is 32.9. The molecule has 36 heavy (non-hydrogen) atoms. The minimum absolute atomic E-state index is 0.0970. The molecule has 12 heteroatoms. The molecule has 0 amide bonds. The zero-order valence-corrected chi connectivity index (χ0v) is 25.4. The second kappa shape index (κ2) is 10.2. The molecule has 4 heterocycles. The Bertz CT molecular complexity index is 1080. The van der Waals surface area contributed by atoms with Gasteiger partial charge in [0.1, 0.15) is 29.5 Å². The monoisotopic (exact) mass is 557 g/mol. The molecule has 2 aromatic rings. The Hall–Kier alpha value is -1.22. The van der Waals surface area contributed by atoms with Crippen LogP contribution < -0.4 is 4.74 Å². The van der Waals surface area contributed by atoms with E-state index in [1.54, 1.807) is 10.6 Å². The van der Waals surface area contributed by atoms with Crippen LogP contribution in [-0.2, 0) is 25.4 Å². The van der Waals surface area contributed by atoms with Gasteiger partial charge in [-0.05, 0) is 30.2 Å². The van der Waals surface area contributed by atoms with Crippen molar-refractivity contribution in [3.05, 3.63) is 11.1 Å². The van der Waals surface area contributed by atoms with Crippen LogP contribution in [0.2, 0.25) is 48.8 Å². The fourth-order valence-corrected chi connectivity index (χ4v) is 6.27. The summed E-state index contributed by atoms with van der Waals surface area (Å²) in [5.74, 6) is -0.257. The molecule has 0 bridgehead atoms. The van der Waals surface area contributed by atoms with E-state index in [1.807, 2.05) is 0 Å². The normalized spacial score (nSPS) is 25.0. The van der Waals surface area contributed by atoms with E-state index in [0.29, 0.717) is 37.0 Å².